The number of nitrogens with one attached hydrogen (secondary N) is 2. The lowest BCUT2D eigenvalue weighted by atomic mass is 10.2. The van der Waals surface area contributed by atoms with E-state index in [1.54, 1.807) is 24.3 Å². The number of hydrogen-bond donors (Lipinski definition) is 3. The van der Waals surface area contributed by atoms with Gasteiger partial charge in [-0.2, -0.15) is 13.2 Å². The van der Waals surface area contributed by atoms with Gasteiger partial charge in [-0.1, -0.05) is 12.1 Å². The van der Waals surface area contributed by atoms with Crippen molar-refractivity contribution in [2.24, 2.45) is 10.7 Å². The average molecular weight is 332 g/mol. The topological polar surface area (TPSA) is 88.7 Å². The molecule has 0 aromatic heterocycles. The molecule has 0 aliphatic rings. The highest BCUT2D eigenvalue weighted by Gasteiger charge is 2.26. The second-order valence-corrected chi connectivity index (χ2v) is 4.62. The van der Waals surface area contributed by atoms with E-state index in [0.29, 0.717) is 12.3 Å². The van der Waals surface area contributed by atoms with Crippen molar-refractivity contribution in [1.29, 1.82) is 0 Å². The van der Waals surface area contributed by atoms with Crippen LogP contribution in [0.2, 0.25) is 0 Å². The Kier molecular flexibility index (Phi) is 7.17. The Labute approximate surface area is 131 Å². The number of primary amides is 1. The number of carbonyl (C=O) groups excluding carboxylic acids is 1. The number of carbonyl (C=O) groups is 1. The highest BCUT2D eigenvalue weighted by molar-refractivity contribution is 5.79. The smallest absolute Gasteiger partial charge is 0.390 e. The highest BCUT2D eigenvalue weighted by atomic mass is 19.4. The zero-order valence-corrected chi connectivity index (χ0v) is 12.6. The molecule has 23 heavy (non-hydrogen) atoms. The van der Waals surface area contributed by atoms with Crippen molar-refractivity contribution in [3.05, 3.63) is 29.8 Å². The minimum absolute atomic E-state index is 0.225. The summed E-state index contributed by atoms with van der Waals surface area (Å²) in [6.45, 7) is -0.151. The first kappa shape index (κ1) is 18.6. The molecule has 1 aromatic rings. The number of amides is 1. The van der Waals surface area contributed by atoms with Gasteiger partial charge in [-0.05, 0) is 17.7 Å². The standard InChI is InChI=1S/C14H19F3N4O2/c1-19-13(20-6-5-14(15,16)17)21-8-10-3-2-4-11(7-10)23-9-12(18)22/h2-4,7H,5-6,8-9H2,1H3,(H2,18,22)(H2,19,20,21). The molecule has 9 heteroatoms. The maximum absolute atomic E-state index is 12.1. The molecular weight excluding hydrogens is 313 g/mol. The Balaban J connectivity index is 2.46. The first-order valence-corrected chi connectivity index (χ1v) is 6.81. The van der Waals surface area contributed by atoms with E-state index in [4.69, 9.17) is 10.5 Å². The van der Waals surface area contributed by atoms with Gasteiger partial charge in [0.05, 0.1) is 6.42 Å². The molecule has 0 atom stereocenters. The van der Waals surface area contributed by atoms with Gasteiger partial charge in [-0.25, -0.2) is 0 Å². The van der Waals surface area contributed by atoms with Crippen LogP contribution in [0.5, 0.6) is 5.75 Å². The van der Waals surface area contributed by atoms with Crippen LogP contribution in [0.25, 0.3) is 0 Å². The Hall–Kier alpha value is -2.45. The Bertz CT molecular complexity index is 547. The number of aliphatic imine (C=N–C) groups is 1. The van der Waals surface area contributed by atoms with Crippen LogP contribution >= 0.6 is 0 Å². The first-order valence-electron chi connectivity index (χ1n) is 6.81. The molecule has 0 radical (unpaired) electrons. The van der Waals surface area contributed by atoms with E-state index in [1.165, 1.54) is 7.05 Å². The van der Waals surface area contributed by atoms with Crippen molar-refractivity contribution < 1.29 is 22.7 Å². The number of hydrogen-bond acceptors (Lipinski definition) is 3. The molecule has 0 aliphatic heterocycles. The summed E-state index contributed by atoms with van der Waals surface area (Å²) >= 11 is 0. The van der Waals surface area contributed by atoms with E-state index < -0.39 is 18.5 Å². The lowest BCUT2D eigenvalue weighted by molar-refractivity contribution is -0.132. The fourth-order valence-corrected chi connectivity index (χ4v) is 1.63. The van der Waals surface area contributed by atoms with E-state index >= 15 is 0 Å². The van der Waals surface area contributed by atoms with E-state index in [9.17, 15) is 18.0 Å². The zero-order valence-electron chi connectivity index (χ0n) is 12.6. The molecular formula is C14H19F3N4O2. The second kappa shape index (κ2) is 8.86. The second-order valence-electron chi connectivity index (χ2n) is 4.62. The molecule has 6 nitrogen and oxygen atoms in total. The molecule has 0 saturated heterocycles. The minimum atomic E-state index is -4.21. The van der Waals surface area contributed by atoms with E-state index in [2.05, 4.69) is 15.6 Å². The molecule has 4 N–H and O–H groups in total. The van der Waals surface area contributed by atoms with Gasteiger partial charge in [-0.15, -0.1) is 0 Å². The van der Waals surface area contributed by atoms with Crippen LogP contribution in [-0.2, 0) is 11.3 Å². The number of nitrogens with two attached hydrogens (primary N) is 1. The summed E-state index contributed by atoms with van der Waals surface area (Å²) in [4.78, 5) is 14.5. The summed E-state index contributed by atoms with van der Waals surface area (Å²) in [5, 5.41) is 5.47. The molecule has 0 fully saturated rings. The van der Waals surface area contributed by atoms with Crippen molar-refractivity contribution in [3.63, 3.8) is 0 Å². The van der Waals surface area contributed by atoms with E-state index in [1.807, 2.05) is 0 Å². The zero-order chi connectivity index (χ0) is 17.3. The van der Waals surface area contributed by atoms with Crippen LogP contribution in [0.1, 0.15) is 12.0 Å². The van der Waals surface area contributed by atoms with Gasteiger partial charge in [0.15, 0.2) is 12.6 Å². The van der Waals surface area contributed by atoms with Crippen molar-refractivity contribution in [2.45, 2.75) is 19.1 Å². The van der Waals surface area contributed by atoms with Gasteiger partial charge < -0.3 is 21.1 Å². The van der Waals surface area contributed by atoms with E-state index in [0.717, 1.165) is 5.56 Å². The van der Waals surface area contributed by atoms with Gasteiger partial charge in [0.1, 0.15) is 5.75 Å². The summed E-state index contributed by atoms with van der Waals surface area (Å²) in [5.74, 6) is 0.156. The van der Waals surface area contributed by atoms with Crippen LogP contribution in [0.3, 0.4) is 0 Å². The molecule has 1 aromatic carbocycles. The minimum Gasteiger partial charge on any atom is -0.484 e. The van der Waals surface area contributed by atoms with Crippen LogP contribution < -0.4 is 21.1 Å². The third-order valence-electron chi connectivity index (χ3n) is 2.66. The molecule has 1 rings (SSSR count). The summed E-state index contributed by atoms with van der Waals surface area (Å²) < 4.78 is 41.4. The molecule has 128 valence electrons. The van der Waals surface area contributed by atoms with Gasteiger partial charge in [-0.3, -0.25) is 9.79 Å². The van der Waals surface area contributed by atoms with Crippen LogP contribution in [-0.4, -0.2) is 38.2 Å². The predicted molar refractivity (Wildman–Crippen MR) is 80.0 cm³/mol. The number of alkyl halides is 3. The lowest BCUT2D eigenvalue weighted by Crippen LogP contribution is -2.38. The molecule has 0 aliphatic carbocycles. The molecule has 0 heterocycles. The summed E-state index contributed by atoms with van der Waals surface area (Å²) in [6.07, 6.45) is -5.15. The van der Waals surface area contributed by atoms with Crippen molar-refractivity contribution in [1.82, 2.24) is 10.6 Å². The van der Waals surface area contributed by atoms with Crippen molar-refractivity contribution in [3.8, 4) is 5.75 Å². The van der Waals surface area contributed by atoms with E-state index in [-0.39, 0.29) is 19.1 Å². The maximum Gasteiger partial charge on any atom is 0.390 e. The number of nitrogens with zero attached hydrogens (tertiary/aromatic N) is 1. The molecule has 1 amide bonds. The molecule has 0 unspecified atom stereocenters. The monoisotopic (exact) mass is 332 g/mol. The Morgan fingerprint density at radius 1 is 1.35 bits per heavy atom. The normalized spacial score (nSPS) is 11.9. The molecule has 0 spiro atoms. The number of benzene rings is 1. The average Bonchev–Trinajstić information content (AvgIpc) is 2.48. The fraction of sp³-hybridized carbons (Fsp3) is 0.429. The van der Waals surface area contributed by atoms with Crippen molar-refractivity contribution >= 4 is 11.9 Å². The third-order valence-corrected chi connectivity index (χ3v) is 2.66. The predicted octanol–water partition coefficient (Wildman–Crippen LogP) is 1.17. The lowest BCUT2D eigenvalue weighted by Gasteiger charge is -2.13. The summed E-state index contributed by atoms with van der Waals surface area (Å²) in [6, 6.07) is 6.89. The number of guanidine groups is 1. The van der Waals surface area contributed by atoms with Gasteiger partial charge in [0, 0.05) is 20.1 Å². The van der Waals surface area contributed by atoms with Gasteiger partial charge in [0.25, 0.3) is 5.91 Å². The SMILES string of the molecule is CN=C(NCCC(F)(F)F)NCc1cccc(OCC(N)=O)c1. The number of halogens is 3. The Morgan fingerprint density at radius 3 is 2.70 bits per heavy atom. The van der Waals surface area contributed by atoms with Gasteiger partial charge in [0.2, 0.25) is 0 Å². The van der Waals surface area contributed by atoms with Crippen molar-refractivity contribution in [2.75, 3.05) is 20.2 Å². The largest absolute Gasteiger partial charge is 0.484 e. The van der Waals surface area contributed by atoms with Gasteiger partial charge >= 0.3 is 6.18 Å². The van der Waals surface area contributed by atoms with Crippen LogP contribution in [0.4, 0.5) is 13.2 Å². The van der Waals surface area contributed by atoms with Crippen LogP contribution in [0, 0.1) is 0 Å². The van der Waals surface area contributed by atoms with Crippen LogP contribution in [0.15, 0.2) is 29.3 Å². The highest BCUT2D eigenvalue weighted by Crippen LogP contribution is 2.18. The molecule has 0 bridgehead atoms. The third kappa shape index (κ3) is 8.54. The molecule has 0 saturated carbocycles. The maximum atomic E-state index is 12.1. The summed E-state index contributed by atoms with van der Waals surface area (Å²) in [7, 11) is 1.47. The number of rotatable bonds is 7. The summed E-state index contributed by atoms with van der Waals surface area (Å²) in [5.41, 5.74) is 5.80. The quantitative estimate of drug-likeness (QED) is 0.516. The number of ether oxygens (including phenoxy) is 1. The Morgan fingerprint density at radius 2 is 2.09 bits per heavy atom. The fourth-order valence-electron chi connectivity index (χ4n) is 1.63. The first-order chi connectivity index (χ1) is 10.8.